The summed E-state index contributed by atoms with van der Waals surface area (Å²) in [5.74, 6) is 0.642. The number of nitrogens with one attached hydrogen (secondary N) is 1. The van der Waals surface area contributed by atoms with Crippen LogP contribution in [-0.4, -0.2) is 45.7 Å². The molecule has 2 aromatic heterocycles. The van der Waals surface area contributed by atoms with Gasteiger partial charge >= 0.3 is 6.18 Å². The molecule has 1 N–H and O–H groups in total. The van der Waals surface area contributed by atoms with Crippen LogP contribution in [0.3, 0.4) is 0 Å². The number of nitrogens with zero attached hydrogens (tertiary/aromatic N) is 4. The number of carbonyl (C=O) groups excluding carboxylic acids is 1. The van der Waals surface area contributed by atoms with Crippen LogP contribution < -0.4 is 10.2 Å². The molecule has 2 atom stereocenters. The van der Waals surface area contributed by atoms with Gasteiger partial charge < -0.3 is 19.5 Å². The lowest BCUT2D eigenvalue weighted by Gasteiger charge is -2.36. The number of fused-ring (bicyclic) bond motifs is 1. The molecule has 3 heterocycles. The van der Waals surface area contributed by atoms with Crippen molar-refractivity contribution in [3.8, 4) is 11.4 Å². The molecule has 1 saturated heterocycles. The van der Waals surface area contributed by atoms with Crippen LogP contribution in [0.15, 0.2) is 60.8 Å². The highest BCUT2D eigenvalue weighted by atomic mass is 19.4. The molecule has 1 amide bonds. The van der Waals surface area contributed by atoms with Gasteiger partial charge in [-0.3, -0.25) is 4.79 Å². The van der Waals surface area contributed by atoms with Crippen molar-refractivity contribution < 1.29 is 22.7 Å². The van der Waals surface area contributed by atoms with E-state index < -0.39 is 17.6 Å². The van der Waals surface area contributed by atoms with E-state index in [0.717, 1.165) is 29.0 Å². The standard InChI is InChI=1S/C27H26F3N5O2/c1-16-14-35(15-17(2)37-16)25-23-22(10-11-34(23)3)32-24(33-25)18-6-5-9-21(13-18)31-26(36)19-7-4-8-20(12-19)27(28,29)30/h4-13,16-17H,14-15H2,1-3H3,(H,31,36). The number of hydrogen-bond donors (Lipinski definition) is 1. The Hall–Kier alpha value is -3.92. The molecular formula is C27H26F3N5O2. The smallest absolute Gasteiger partial charge is 0.372 e. The van der Waals surface area contributed by atoms with Gasteiger partial charge in [-0.1, -0.05) is 18.2 Å². The molecule has 37 heavy (non-hydrogen) atoms. The quantitative estimate of drug-likeness (QED) is 0.392. The highest BCUT2D eigenvalue weighted by Crippen LogP contribution is 2.32. The molecule has 5 rings (SSSR count). The minimum Gasteiger partial charge on any atom is -0.372 e. The molecule has 192 valence electrons. The monoisotopic (exact) mass is 509 g/mol. The van der Waals surface area contributed by atoms with Gasteiger partial charge in [0.15, 0.2) is 11.6 Å². The zero-order chi connectivity index (χ0) is 26.3. The third-order valence-electron chi connectivity index (χ3n) is 6.25. The van der Waals surface area contributed by atoms with Crippen molar-refractivity contribution in [3.63, 3.8) is 0 Å². The predicted octanol–water partition coefficient (Wildman–Crippen LogP) is 5.52. The molecule has 0 aliphatic carbocycles. The van der Waals surface area contributed by atoms with E-state index >= 15 is 0 Å². The Morgan fingerprint density at radius 1 is 1.03 bits per heavy atom. The number of ether oxygens (including phenoxy) is 1. The lowest BCUT2D eigenvalue weighted by molar-refractivity contribution is -0.137. The van der Waals surface area contributed by atoms with Crippen molar-refractivity contribution >= 4 is 28.4 Å². The van der Waals surface area contributed by atoms with Gasteiger partial charge in [-0.2, -0.15) is 13.2 Å². The number of hydrogen-bond acceptors (Lipinski definition) is 5. The molecule has 2 aromatic carbocycles. The highest BCUT2D eigenvalue weighted by molar-refractivity contribution is 6.04. The van der Waals surface area contributed by atoms with Gasteiger partial charge in [0.05, 0.1) is 23.3 Å². The first-order chi connectivity index (χ1) is 17.6. The molecule has 0 spiro atoms. The van der Waals surface area contributed by atoms with Crippen molar-refractivity contribution in [3.05, 3.63) is 71.9 Å². The van der Waals surface area contributed by atoms with Crippen LogP contribution in [0.5, 0.6) is 0 Å². The fourth-order valence-corrected chi connectivity index (χ4v) is 4.65. The number of aromatic nitrogens is 3. The van der Waals surface area contributed by atoms with Crippen LogP contribution in [0.1, 0.15) is 29.8 Å². The largest absolute Gasteiger partial charge is 0.416 e. The number of benzene rings is 2. The molecule has 1 aliphatic rings. The second-order valence-electron chi connectivity index (χ2n) is 9.31. The van der Waals surface area contributed by atoms with Crippen LogP contribution in [-0.2, 0) is 18.0 Å². The first-order valence-electron chi connectivity index (χ1n) is 11.9. The fourth-order valence-electron chi connectivity index (χ4n) is 4.65. The second kappa shape index (κ2) is 9.51. The van der Waals surface area contributed by atoms with Crippen molar-refractivity contribution in [2.75, 3.05) is 23.3 Å². The minimum atomic E-state index is -4.53. The van der Waals surface area contributed by atoms with Crippen LogP contribution in [0, 0.1) is 0 Å². The first-order valence-corrected chi connectivity index (χ1v) is 11.9. The minimum absolute atomic E-state index is 0.0480. The molecular weight excluding hydrogens is 483 g/mol. The molecule has 1 fully saturated rings. The van der Waals surface area contributed by atoms with E-state index in [0.29, 0.717) is 30.2 Å². The van der Waals surface area contributed by atoms with E-state index in [1.54, 1.807) is 18.2 Å². The van der Waals surface area contributed by atoms with Gasteiger partial charge in [-0.25, -0.2) is 9.97 Å². The van der Waals surface area contributed by atoms with Crippen molar-refractivity contribution in [1.29, 1.82) is 0 Å². The number of alkyl halides is 3. The first kappa shape index (κ1) is 24.8. The lowest BCUT2D eigenvalue weighted by Crippen LogP contribution is -2.46. The summed E-state index contributed by atoms with van der Waals surface area (Å²) in [4.78, 5) is 24.6. The molecule has 4 aromatic rings. The maximum absolute atomic E-state index is 13.1. The molecule has 1 aliphatic heterocycles. The molecule has 2 unspecified atom stereocenters. The molecule has 7 nitrogen and oxygen atoms in total. The molecule has 0 radical (unpaired) electrons. The zero-order valence-corrected chi connectivity index (χ0v) is 20.6. The van der Waals surface area contributed by atoms with E-state index in [4.69, 9.17) is 14.7 Å². The van der Waals surface area contributed by atoms with Crippen molar-refractivity contribution in [2.45, 2.75) is 32.2 Å². The number of rotatable bonds is 4. The van der Waals surface area contributed by atoms with Gasteiger partial charge in [0.1, 0.15) is 5.52 Å². The average molecular weight is 510 g/mol. The zero-order valence-electron chi connectivity index (χ0n) is 20.6. The number of amides is 1. The van der Waals surface area contributed by atoms with Crippen LogP contribution in [0.25, 0.3) is 22.4 Å². The van der Waals surface area contributed by atoms with Crippen LogP contribution >= 0.6 is 0 Å². The number of aryl methyl sites for hydroxylation is 1. The Balaban J connectivity index is 1.47. The average Bonchev–Trinajstić information content (AvgIpc) is 3.23. The number of carbonyl (C=O) groups is 1. The number of anilines is 2. The second-order valence-corrected chi connectivity index (χ2v) is 9.31. The Morgan fingerprint density at radius 2 is 1.76 bits per heavy atom. The highest BCUT2D eigenvalue weighted by Gasteiger charge is 2.31. The van der Waals surface area contributed by atoms with E-state index in [9.17, 15) is 18.0 Å². The van der Waals surface area contributed by atoms with E-state index in [1.165, 1.54) is 12.1 Å². The third-order valence-corrected chi connectivity index (χ3v) is 6.25. The van der Waals surface area contributed by atoms with E-state index in [1.807, 2.05) is 43.8 Å². The van der Waals surface area contributed by atoms with E-state index in [-0.39, 0.29) is 17.8 Å². The number of halogens is 3. The molecule has 0 bridgehead atoms. The normalized spacial score (nSPS) is 18.3. The SMILES string of the molecule is CC1CN(c2nc(-c3cccc(NC(=O)c4cccc(C(F)(F)F)c4)c3)nc3ccn(C)c23)CC(C)O1. The van der Waals surface area contributed by atoms with Gasteiger partial charge in [0.2, 0.25) is 0 Å². The van der Waals surface area contributed by atoms with Gasteiger partial charge in [-0.05, 0) is 50.2 Å². The summed E-state index contributed by atoms with van der Waals surface area (Å²) in [6, 6.07) is 13.2. The summed E-state index contributed by atoms with van der Waals surface area (Å²) in [6.45, 7) is 5.44. The number of morpholine rings is 1. The Morgan fingerprint density at radius 3 is 2.49 bits per heavy atom. The van der Waals surface area contributed by atoms with Gasteiger partial charge in [-0.15, -0.1) is 0 Å². The Kier molecular flexibility index (Phi) is 6.36. The lowest BCUT2D eigenvalue weighted by atomic mass is 10.1. The summed E-state index contributed by atoms with van der Waals surface area (Å²) in [5.41, 5.74) is 1.83. The van der Waals surface area contributed by atoms with Crippen molar-refractivity contribution in [2.24, 2.45) is 7.05 Å². The Bertz CT molecular complexity index is 1460. The summed E-state index contributed by atoms with van der Waals surface area (Å²) in [6.07, 6.45) is -2.50. The predicted molar refractivity (Wildman–Crippen MR) is 136 cm³/mol. The maximum atomic E-state index is 13.1. The summed E-state index contributed by atoms with van der Waals surface area (Å²) >= 11 is 0. The summed E-state index contributed by atoms with van der Waals surface area (Å²) in [5, 5.41) is 2.68. The summed E-state index contributed by atoms with van der Waals surface area (Å²) in [7, 11) is 1.95. The Labute approximate surface area is 211 Å². The van der Waals surface area contributed by atoms with Crippen molar-refractivity contribution in [1.82, 2.24) is 14.5 Å². The topological polar surface area (TPSA) is 72.3 Å². The van der Waals surface area contributed by atoms with Gasteiger partial charge in [0.25, 0.3) is 5.91 Å². The molecule has 10 heteroatoms. The maximum Gasteiger partial charge on any atom is 0.416 e. The van der Waals surface area contributed by atoms with Crippen LogP contribution in [0.2, 0.25) is 0 Å². The summed E-state index contributed by atoms with van der Waals surface area (Å²) < 4.78 is 47.1. The fraction of sp³-hybridized carbons (Fsp3) is 0.296. The van der Waals surface area contributed by atoms with Crippen LogP contribution in [0.4, 0.5) is 24.7 Å². The van der Waals surface area contributed by atoms with Gasteiger partial charge in [0, 0.05) is 43.1 Å². The molecule has 0 saturated carbocycles. The third kappa shape index (κ3) is 5.15. The van der Waals surface area contributed by atoms with E-state index in [2.05, 4.69) is 10.2 Å².